The van der Waals surface area contributed by atoms with Gasteiger partial charge in [-0.25, -0.2) is 4.98 Å². The fourth-order valence-corrected chi connectivity index (χ4v) is 2.19. The van der Waals surface area contributed by atoms with Crippen molar-refractivity contribution in [1.82, 2.24) is 4.98 Å². The van der Waals surface area contributed by atoms with Crippen molar-refractivity contribution in [2.75, 3.05) is 11.2 Å². The summed E-state index contributed by atoms with van der Waals surface area (Å²) in [6.07, 6.45) is 1.26. The molecule has 0 aliphatic heterocycles. The molecule has 0 bridgehead atoms. The number of benzene rings is 1. The van der Waals surface area contributed by atoms with Gasteiger partial charge in [0.15, 0.2) is 0 Å². The Labute approximate surface area is 127 Å². The van der Waals surface area contributed by atoms with Gasteiger partial charge in [0.2, 0.25) is 5.13 Å². The number of nitrogens with one attached hydrogen (secondary N) is 1. The van der Waals surface area contributed by atoms with Crippen LogP contribution in [0, 0.1) is 10.1 Å². The molecule has 20 heavy (non-hydrogen) atoms. The van der Waals surface area contributed by atoms with Crippen LogP contribution in [0.4, 0.5) is 16.6 Å². The molecule has 2 rings (SSSR count). The van der Waals surface area contributed by atoms with Crippen molar-refractivity contribution in [3.05, 3.63) is 43.2 Å². The average molecular weight is 332 g/mol. The smallest absolute Gasteiger partial charge is 0.279 e. The van der Waals surface area contributed by atoms with Crippen LogP contribution >= 0.6 is 34.5 Å². The third kappa shape index (κ3) is 3.35. The molecule has 3 N–H and O–H groups in total. The normalized spacial score (nSPS) is 10.9. The maximum absolute atomic E-state index is 10.9. The van der Waals surface area contributed by atoms with Gasteiger partial charge in [-0.2, -0.15) is 5.10 Å². The van der Waals surface area contributed by atoms with Gasteiger partial charge < -0.3 is 5.73 Å². The first-order valence-electron chi connectivity index (χ1n) is 5.11. The number of nitrogen functional groups attached to an aromatic ring is 1. The number of aromatic nitrogens is 1. The molecule has 0 unspecified atom stereocenters. The van der Waals surface area contributed by atoms with Crippen molar-refractivity contribution in [3.8, 4) is 0 Å². The summed E-state index contributed by atoms with van der Waals surface area (Å²) in [5.41, 5.74) is 8.09. The molecule has 104 valence electrons. The largest absolute Gasteiger partial charge is 0.383 e. The Bertz CT molecular complexity index is 688. The SMILES string of the molecule is Nc1csc(NN=Cc2cc(Cl)c(Cl)cc2[N+](=O)[O-])n1. The zero-order valence-corrected chi connectivity index (χ0v) is 12.0. The molecule has 0 aliphatic carbocycles. The first-order valence-corrected chi connectivity index (χ1v) is 6.74. The highest BCUT2D eigenvalue weighted by Gasteiger charge is 2.15. The topological polar surface area (TPSA) is 106 Å². The Balaban J connectivity index is 2.23. The van der Waals surface area contributed by atoms with Crippen LogP contribution < -0.4 is 11.2 Å². The molecule has 1 heterocycles. The zero-order valence-electron chi connectivity index (χ0n) is 9.71. The first kappa shape index (κ1) is 14.5. The van der Waals surface area contributed by atoms with Crippen LogP contribution in [-0.4, -0.2) is 16.1 Å². The molecular formula is C10H7Cl2N5O2S. The van der Waals surface area contributed by atoms with Crippen LogP contribution in [0.15, 0.2) is 22.6 Å². The Hall–Kier alpha value is -1.90. The maximum atomic E-state index is 10.9. The highest BCUT2D eigenvalue weighted by atomic mass is 35.5. The van der Waals surface area contributed by atoms with Crippen LogP contribution in [0.25, 0.3) is 0 Å². The number of rotatable bonds is 4. The summed E-state index contributed by atoms with van der Waals surface area (Å²) in [5.74, 6) is 0.369. The second-order valence-corrected chi connectivity index (χ2v) is 5.20. The van der Waals surface area contributed by atoms with Crippen LogP contribution in [-0.2, 0) is 0 Å². The van der Waals surface area contributed by atoms with Crippen molar-refractivity contribution in [1.29, 1.82) is 0 Å². The lowest BCUT2D eigenvalue weighted by atomic mass is 10.2. The van der Waals surface area contributed by atoms with Gasteiger partial charge in [-0.15, -0.1) is 11.3 Å². The lowest BCUT2D eigenvalue weighted by Crippen LogP contribution is -1.97. The van der Waals surface area contributed by atoms with E-state index in [-0.39, 0.29) is 21.3 Å². The van der Waals surface area contributed by atoms with E-state index in [0.717, 1.165) is 0 Å². The van der Waals surface area contributed by atoms with E-state index in [1.54, 1.807) is 5.38 Å². The van der Waals surface area contributed by atoms with E-state index in [4.69, 9.17) is 28.9 Å². The molecule has 1 aromatic heterocycles. The minimum Gasteiger partial charge on any atom is -0.383 e. The van der Waals surface area contributed by atoms with E-state index in [0.29, 0.717) is 10.9 Å². The zero-order chi connectivity index (χ0) is 14.7. The summed E-state index contributed by atoms with van der Waals surface area (Å²) in [6.45, 7) is 0. The Morgan fingerprint density at radius 3 is 2.75 bits per heavy atom. The van der Waals surface area contributed by atoms with E-state index in [9.17, 15) is 10.1 Å². The summed E-state index contributed by atoms with van der Waals surface area (Å²) in [7, 11) is 0. The van der Waals surface area contributed by atoms with Crippen LogP contribution in [0.5, 0.6) is 0 Å². The number of hydrogen-bond acceptors (Lipinski definition) is 7. The third-order valence-electron chi connectivity index (χ3n) is 2.15. The standard InChI is InChI=1S/C10H7Cl2N5O2S/c11-6-1-5(8(17(18)19)2-7(6)12)3-14-16-10-15-9(13)4-20-10/h1-4H,13H2,(H,15,16). The van der Waals surface area contributed by atoms with Gasteiger partial charge in [0.05, 0.1) is 26.7 Å². The molecule has 0 atom stereocenters. The summed E-state index contributed by atoms with van der Waals surface area (Å²) in [6, 6.07) is 2.54. The molecule has 7 nitrogen and oxygen atoms in total. The molecule has 0 radical (unpaired) electrons. The number of anilines is 2. The van der Waals surface area contributed by atoms with Crippen LogP contribution in [0.1, 0.15) is 5.56 Å². The fourth-order valence-electron chi connectivity index (χ4n) is 1.31. The second-order valence-electron chi connectivity index (χ2n) is 3.53. The van der Waals surface area contributed by atoms with E-state index in [1.165, 1.54) is 29.7 Å². The molecule has 10 heteroatoms. The third-order valence-corrected chi connectivity index (χ3v) is 3.64. The lowest BCUT2D eigenvalue weighted by Gasteiger charge is -2.00. The van der Waals surface area contributed by atoms with Gasteiger partial charge in [0.1, 0.15) is 5.82 Å². The molecule has 1 aromatic carbocycles. The van der Waals surface area contributed by atoms with Gasteiger partial charge in [0, 0.05) is 11.4 Å². The van der Waals surface area contributed by atoms with Crippen molar-refractivity contribution in [2.24, 2.45) is 5.10 Å². The fraction of sp³-hybridized carbons (Fsp3) is 0. The number of nitro benzene ring substituents is 1. The van der Waals surface area contributed by atoms with Crippen molar-refractivity contribution >= 4 is 57.4 Å². The minimum absolute atomic E-state index is 0.108. The van der Waals surface area contributed by atoms with E-state index in [1.807, 2.05) is 0 Å². The molecule has 0 fully saturated rings. The van der Waals surface area contributed by atoms with Gasteiger partial charge in [-0.05, 0) is 6.07 Å². The number of halogens is 2. The minimum atomic E-state index is -0.565. The molecular weight excluding hydrogens is 325 g/mol. The van der Waals surface area contributed by atoms with Gasteiger partial charge >= 0.3 is 0 Å². The van der Waals surface area contributed by atoms with Gasteiger partial charge in [0.25, 0.3) is 5.69 Å². The number of hydrazone groups is 1. The van der Waals surface area contributed by atoms with Crippen LogP contribution in [0.3, 0.4) is 0 Å². The summed E-state index contributed by atoms with van der Waals surface area (Å²) < 4.78 is 0. The Morgan fingerprint density at radius 2 is 2.15 bits per heavy atom. The molecule has 2 aromatic rings. The molecule has 0 amide bonds. The monoisotopic (exact) mass is 331 g/mol. The van der Waals surface area contributed by atoms with E-state index >= 15 is 0 Å². The summed E-state index contributed by atoms with van der Waals surface area (Å²) in [5, 5.41) is 17.2. The van der Waals surface area contributed by atoms with Crippen LogP contribution in [0.2, 0.25) is 10.0 Å². The molecule has 0 spiro atoms. The summed E-state index contributed by atoms with van der Waals surface area (Å²) in [4.78, 5) is 14.3. The van der Waals surface area contributed by atoms with Crippen molar-refractivity contribution in [2.45, 2.75) is 0 Å². The highest BCUT2D eigenvalue weighted by molar-refractivity contribution is 7.14. The predicted octanol–water partition coefficient (Wildman–Crippen LogP) is 3.39. The quantitative estimate of drug-likeness (QED) is 0.507. The first-order chi connectivity index (χ1) is 9.47. The van der Waals surface area contributed by atoms with E-state index < -0.39 is 4.92 Å². The van der Waals surface area contributed by atoms with Crippen molar-refractivity contribution in [3.63, 3.8) is 0 Å². The second kappa shape index (κ2) is 6.04. The number of thiazole rings is 1. The molecule has 0 saturated carbocycles. The highest BCUT2D eigenvalue weighted by Crippen LogP contribution is 2.29. The summed E-state index contributed by atoms with van der Waals surface area (Å²) >= 11 is 12.8. The predicted molar refractivity (Wildman–Crippen MR) is 80.9 cm³/mol. The Morgan fingerprint density at radius 1 is 1.45 bits per heavy atom. The maximum Gasteiger partial charge on any atom is 0.279 e. The average Bonchev–Trinajstić information content (AvgIpc) is 2.79. The number of nitrogens with two attached hydrogens (primary N) is 1. The molecule has 0 saturated heterocycles. The molecule has 0 aliphatic rings. The lowest BCUT2D eigenvalue weighted by molar-refractivity contribution is -0.385. The number of nitrogens with zero attached hydrogens (tertiary/aromatic N) is 3. The van der Waals surface area contributed by atoms with Gasteiger partial charge in [-0.3, -0.25) is 15.5 Å². The Kier molecular flexibility index (Phi) is 4.38. The van der Waals surface area contributed by atoms with Gasteiger partial charge in [-0.1, -0.05) is 23.2 Å². The van der Waals surface area contributed by atoms with E-state index in [2.05, 4.69) is 15.5 Å². The van der Waals surface area contributed by atoms with Crippen molar-refractivity contribution < 1.29 is 4.92 Å². The number of nitro groups is 1. The number of hydrogen-bond donors (Lipinski definition) is 2.